The van der Waals surface area contributed by atoms with Crippen LogP contribution in [0.2, 0.25) is 10.0 Å². The summed E-state index contributed by atoms with van der Waals surface area (Å²) < 4.78 is 0.776. The van der Waals surface area contributed by atoms with E-state index < -0.39 is 0 Å². The fraction of sp³-hybridized carbons (Fsp3) is 0. The molecule has 2 aromatic rings. The number of carbonyl (C=O) groups is 1. The van der Waals surface area contributed by atoms with E-state index in [0.29, 0.717) is 20.5 Å². The van der Waals surface area contributed by atoms with E-state index in [4.69, 9.17) is 23.2 Å². The van der Waals surface area contributed by atoms with Crippen LogP contribution >= 0.6 is 50.5 Å². The molecule has 0 radical (unpaired) electrons. The van der Waals surface area contributed by atoms with Crippen molar-refractivity contribution in [1.29, 1.82) is 0 Å². The largest absolute Gasteiger partial charge is 0.288 e. The van der Waals surface area contributed by atoms with E-state index in [2.05, 4.69) is 15.9 Å². The number of benzene rings is 1. The van der Waals surface area contributed by atoms with Crippen molar-refractivity contribution in [2.24, 2.45) is 0 Å². The zero-order valence-electron chi connectivity index (χ0n) is 7.84. The third-order valence-corrected chi connectivity index (χ3v) is 4.67. The monoisotopic (exact) mass is 334 g/mol. The lowest BCUT2D eigenvalue weighted by molar-refractivity contribution is 0.104. The van der Waals surface area contributed by atoms with Crippen LogP contribution in [-0.2, 0) is 0 Å². The number of thiophene rings is 1. The van der Waals surface area contributed by atoms with Gasteiger partial charge in [0.15, 0.2) is 0 Å². The molecular formula is C11H5BrCl2OS. The molecule has 1 heterocycles. The van der Waals surface area contributed by atoms with Crippen LogP contribution in [0.4, 0.5) is 0 Å². The maximum absolute atomic E-state index is 12.1. The summed E-state index contributed by atoms with van der Waals surface area (Å²) in [6, 6.07) is 6.87. The molecule has 0 fully saturated rings. The van der Waals surface area contributed by atoms with Crippen molar-refractivity contribution in [2.45, 2.75) is 0 Å². The van der Waals surface area contributed by atoms with Gasteiger partial charge in [-0.25, -0.2) is 0 Å². The van der Waals surface area contributed by atoms with Gasteiger partial charge in [-0.15, -0.1) is 11.3 Å². The minimum absolute atomic E-state index is 0.116. The molecule has 0 aliphatic heterocycles. The first-order chi connectivity index (χ1) is 7.61. The van der Waals surface area contributed by atoms with E-state index in [-0.39, 0.29) is 5.78 Å². The number of carbonyl (C=O) groups excluding carboxylic acids is 1. The lowest BCUT2D eigenvalue weighted by Crippen LogP contribution is -2.00. The fourth-order valence-electron chi connectivity index (χ4n) is 1.26. The molecule has 0 bridgehead atoms. The van der Waals surface area contributed by atoms with Gasteiger partial charge in [0.05, 0.1) is 14.9 Å². The first-order valence-electron chi connectivity index (χ1n) is 4.33. The average Bonchev–Trinajstić information content (AvgIpc) is 2.68. The van der Waals surface area contributed by atoms with Gasteiger partial charge in [-0.1, -0.05) is 29.3 Å². The van der Waals surface area contributed by atoms with Gasteiger partial charge in [-0.3, -0.25) is 4.79 Å². The van der Waals surface area contributed by atoms with Crippen molar-refractivity contribution < 1.29 is 4.79 Å². The predicted molar refractivity (Wildman–Crippen MR) is 71.9 cm³/mol. The van der Waals surface area contributed by atoms with Gasteiger partial charge in [0.25, 0.3) is 0 Å². The standard InChI is InChI=1S/C11H5BrCl2OS/c12-7-4-5-16-11(7)10(15)6-2-1-3-8(13)9(6)14/h1-5H. The highest BCUT2D eigenvalue weighted by atomic mass is 79.9. The molecule has 0 N–H and O–H groups in total. The van der Waals surface area contributed by atoms with E-state index in [1.807, 2.05) is 11.4 Å². The molecule has 1 aromatic carbocycles. The van der Waals surface area contributed by atoms with E-state index in [0.717, 1.165) is 4.47 Å². The Morgan fingerprint density at radius 2 is 2.00 bits per heavy atom. The first kappa shape index (κ1) is 12.1. The molecule has 1 nitrogen and oxygen atoms in total. The van der Waals surface area contributed by atoms with Crippen LogP contribution in [0, 0.1) is 0 Å². The fourth-order valence-corrected chi connectivity index (χ4v) is 3.15. The van der Waals surface area contributed by atoms with E-state index in [1.165, 1.54) is 11.3 Å². The Hall–Kier alpha value is -0.350. The summed E-state index contributed by atoms with van der Waals surface area (Å²) in [6.45, 7) is 0. The summed E-state index contributed by atoms with van der Waals surface area (Å²) in [5.41, 5.74) is 0.428. The molecule has 0 unspecified atom stereocenters. The van der Waals surface area contributed by atoms with Crippen molar-refractivity contribution >= 4 is 56.3 Å². The van der Waals surface area contributed by atoms with Gasteiger partial charge in [0, 0.05) is 10.0 Å². The van der Waals surface area contributed by atoms with Crippen LogP contribution in [0.5, 0.6) is 0 Å². The Labute approximate surface area is 115 Å². The van der Waals surface area contributed by atoms with Gasteiger partial charge >= 0.3 is 0 Å². The van der Waals surface area contributed by atoms with Crippen LogP contribution < -0.4 is 0 Å². The Kier molecular flexibility index (Phi) is 3.70. The highest BCUT2D eigenvalue weighted by Gasteiger charge is 2.17. The summed E-state index contributed by atoms with van der Waals surface area (Å²) in [4.78, 5) is 12.8. The normalized spacial score (nSPS) is 10.4. The van der Waals surface area contributed by atoms with Gasteiger partial charge in [0.1, 0.15) is 0 Å². The summed E-state index contributed by atoms with van der Waals surface area (Å²) in [6.07, 6.45) is 0. The Morgan fingerprint density at radius 1 is 1.25 bits per heavy atom. The molecule has 1 aromatic heterocycles. The molecule has 0 saturated carbocycles. The first-order valence-corrected chi connectivity index (χ1v) is 6.76. The summed E-state index contributed by atoms with van der Waals surface area (Å²) in [5, 5.41) is 2.53. The molecule has 0 spiro atoms. The van der Waals surface area contributed by atoms with Gasteiger partial charge in [-0.2, -0.15) is 0 Å². The number of ketones is 1. The van der Waals surface area contributed by atoms with Crippen molar-refractivity contribution in [1.82, 2.24) is 0 Å². The molecule has 0 amide bonds. The van der Waals surface area contributed by atoms with Crippen LogP contribution in [0.3, 0.4) is 0 Å². The molecule has 5 heteroatoms. The van der Waals surface area contributed by atoms with Crippen LogP contribution in [0.1, 0.15) is 15.2 Å². The number of hydrogen-bond acceptors (Lipinski definition) is 2. The summed E-state index contributed by atoms with van der Waals surface area (Å²) in [7, 11) is 0. The highest BCUT2D eigenvalue weighted by Crippen LogP contribution is 2.31. The molecule has 0 aliphatic carbocycles. The number of rotatable bonds is 2. The quantitative estimate of drug-likeness (QED) is 0.702. The van der Waals surface area contributed by atoms with Gasteiger partial charge < -0.3 is 0 Å². The third kappa shape index (κ3) is 2.18. The maximum atomic E-state index is 12.1. The second kappa shape index (κ2) is 4.88. The topological polar surface area (TPSA) is 17.1 Å². The third-order valence-electron chi connectivity index (χ3n) is 2.02. The molecule has 16 heavy (non-hydrogen) atoms. The van der Waals surface area contributed by atoms with E-state index in [9.17, 15) is 4.79 Å². The van der Waals surface area contributed by atoms with Gasteiger partial charge in [-0.05, 0) is 39.5 Å². The van der Waals surface area contributed by atoms with Crippen LogP contribution in [-0.4, -0.2) is 5.78 Å². The molecule has 0 aliphatic rings. The molecule has 2 rings (SSSR count). The summed E-state index contributed by atoms with van der Waals surface area (Å²) in [5.74, 6) is -0.116. The van der Waals surface area contributed by atoms with Crippen molar-refractivity contribution in [3.8, 4) is 0 Å². The van der Waals surface area contributed by atoms with Crippen molar-refractivity contribution in [3.63, 3.8) is 0 Å². The average molecular weight is 336 g/mol. The van der Waals surface area contributed by atoms with E-state index >= 15 is 0 Å². The SMILES string of the molecule is O=C(c1cccc(Cl)c1Cl)c1sccc1Br. The van der Waals surface area contributed by atoms with Gasteiger partial charge in [0.2, 0.25) is 5.78 Å². The van der Waals surface area contributed by atoms with Crippen molar-refractivity contribution in [3.05, 3.63) is 54.6 Å². The Balaban J connectivity index is 2.50. The highest BCUT2D eigenvalue weighted by molar-refractivity contribution is 9.10. The number of hydrogen-bond donors (Lipinski definition) is 0. The summed E-state index contributed by atoms with van der Waals surface area (Å²) >= 11 is 16.6. The molecule has 82 valence electrons. The van der Waals surface area contributed by atoms with Crippen LogP contribution in [0.25, 0.3) is 0 Å². The minimum Gasteiger partial charge on any atom is -0.288 e. The molecule has 0 atom stereocenters. The lowest BCUT2D eigenvalue weighted by atomic mass is 10.1. The Morgan fingerprint density at radius 3 is 2.62 bits per heavy atom. The second-order valence-electron chi connectivity index (χ2n) is 3.03. The van der Waals surface area contributed by atoms with Crippen molar-refractivity contribution in [2.75, 3.05) is 0 Å². The second-order valence-corrected chi connectivity index (χ2v) is 5.58. The maximum Gasteiger partial charge on any atom is 0.205 e. The minimum atomic E-state index is -0.116. The zero-order valence-corrected chi connectivity index (χ0v) is 11.8. The van der Waals surface area contributed by atoms with Crippen LogP contribution in [0.15, 0.2) is 34.1 Å². The Bertz CT molecular complexity index is 551. The molecule has 0 saturated heterocycles. The predicted octanol–water partition coefficient (Wildman–Crippen LogP) is 5.05. The smallest absolute Gasteiger partial charge is 0.205 e. The number of halogens is 3. The lowest BCUT2D eigenvalue weighted by Gasteiger charge is -2.03. The van der Waals surface area contributed by atoms with E-state index in [1.54, 1.807) is 18.2 Å². The zero-order chi connectivity index (χ0) is 11.7. The molecular weight excluding hydrogens is 331 g/mol.